The number of Topliss-reactive ketones (excluding diaryl/α,β-unsaturated/α-hetero) is 1. The number of ketones is 1. The number of nitrogens with one attached hydrogen (secondary N) is 1. The third kappa shape index (κ3) is 4.67. The van der Waals surface area contributed by atoms with Crippen molar-refractivity contribution in [1.29, 1.82) is 0 Å². The lowest BCUT2D eigenvalue weighted by Crippen LogP contribution is -2.58. The van der Waals surface area contributed by atoms with Gasteiger partial charge in [0.25, 0.3) is 0 Å². The number of rotatable bonds is 7. The van der Waals surface area contributed by atoms with Crippen LogP contribution < -0.4 is 10.8 Å². The van der Waals surface area contributed by atoms with E-state index in [4.69, 9.17) is 12.6 Å². The molecule has 0 spiro atoms. The van der Waals surface area contributed by atoms with Crippen LogP contribution in [0.5, 0.6) is 0 Å². The molecule has 2 radical (unpaired) electrons. The number of ether oxygens (including phenoxy) is 2. The summed E-state index contributed by atoms with van der Waals surface area (Å²) in [6.45, 7) is 5.08. The zero-order chi connectivity index (χ0) is 25.2. The number of aryl methyl sites for hydroxylation is 1. The molecule has 2 aromatic rings. The molecule has 2 amide bonds. The molecule has 1 fully saturated rings. The maximum Gasteiger partial charge on any atom is 0.407 e. The number of aromatic nitrogens is 1. The number of fused-ring (bicyclic) bond motifs is 1. The predicted molar refractivity (Wildman–Crippen MR) is 127 cm³/mol. The van der Waals surface area contributed by atoms with Gasteiger partial charge in [-0.3, -0.25) is 9.59 Å². The fraction of sp³-hybridized carbons (Fsp3) is 0.500. The Hall–Kier alpha value is -3.30. The lowest BCUT2D eigenvalue weighted by molar-refractivity contribution is -0.160. The van der Waals surface area contributed by atoms with Crippen LogP contribution in [0.3, 0.4) is 0 Å². The van der Waals surface area contributed by atoms with Gasteiger partial charge in [-0.05, 0) is 43.2 Å². The SMILES string of the molecule is [B]c1ccc(C(=O)COC(=O)[C@]2(C)CCCN2C(=O)[C@@H](NC(=O)OC)C(C)C)c2c1ccn2C. The van der Waals surface area contributed by atoms with Crippen molar-refractivity contribution < 1.29 is 28.7 Å². The van der Waals surface area contributed by atoms with Crippen LogP contribution in [0.25, 0.3) is 10.9 Å². The van der Waals surface area contributed by atoms with Gasteiger partial charge in [-0.25, -0.2) is 9.59 Å². The van der Waals surface area contributed by atoms with E-state index >= 15 is 0 Å². The average Bonchev–Trinajstić information content (AvgIpc) is 3.39. The van der Waals surface area contributed by atoms with Gasteiger partial charge in [0.05, 0.1) is 12.6 Å². The fourth-order valence-electron chi connectivity index (χ4n) is 4.43. The first-order chi connectivity index (χ1) is 16.0. The molecule has 3 rings (SSSR count). The van der Waals surface area contributed by atoms with Gasteiger partial charge in [-0.15, -0.1) is 0 Å². The van der Waals surface area contributed by atoms with E-state index in [9.17, 15) is 19.2 Å². The van der Waals surface area contributed by atoms with Gasteiger partial charge in [0.1, 0.15) is 19.4 Å². The summed E-state index contributed by atoms with van der Waals surface area (Å²) in [5, 5.41) is 3.29. The highest BCUT2D eigenvalue weighted by molar-refractivity contribution is 6.39. The number of benzene rings is 1. The summed E-state index contributed by atoms with van der Waals surface area (Å²) in [6, 6.07) is 4.23. The Balaban J connectivity index is 1.75. The van der Waals surface area contributed by atoms with Crippen molar-refractivity contribution in [3.05, 3.63) is 30.0 Å². The number of likely N-dealkylation sites (tertiary alicyclic amines) is 1. The Labute approximate surface area is 200 Å². The van der Waals surface area contributed by atoms with E-state index in [1.807, 2.05) is 6.07 Å². The van der Waals surface area contributed by atoms with E-state index in [0.717, 1.165) is 5.39 Å². The molecule has 0 unspecified atom stereocenters. The first-order valence-electron chi connectivity index (χ1n) is 11.2. The third-order valence-electron chi connectivity index (χ3n) is 6.44. The van der Waals surface area contributed by atoms with Crippen molar-refractivity contribution in [3.8, 4) is 0 Å². The fourth-order valence-corrected chi connectivity index (χ4v) is 4.43. The Morgan fingerprint density at radius 1 is 1.21 bits per heavy atom. The second-order valence-corrected chi connectivity index (χ2v) is 9.12. The standard InChI is InChI=1S/C24H30BN3O6/c1-14(2)19(26-23(32)33-5)21(30)28-11-6-10-24(28,3)22(31)34-13-18(29)16-7-8-17(25)15-9-12-27(4)20(15)16/h7-9,12,14,19H,6,10-11,13H2,1-5H3,(H,26,32)/t19-,24-/m0/s1. The second-order valence-electron chi connectivity index (χ2n) is 9.12. The topological polar surface area (TPSA) is 107 Å². The van der Waals surface area contributed by atoms with Crippen LogP contribution in [0.2, 0.25) is 0 Å². The highest BCUT2D eigenvalue weighted by atomic mass is 16.5. The van der Waals surface area contributed by atoms with Gasteiger partial charge in [0.15, 0.2) is 6.61 Å². The normalized spacial score (nSPS) is 18.7. The van der Waals surface area contributed by atoms with Gasteiger partial charge >= 0.3 is 12.1 Å². The molecule has 0 aliphatic carbocycles. The zero-order valence-corrected chi connectivity index (χ0v) is 20.2. The van der Waals surface area contributed by atoms with E-state index in [-0.39, 0.29) is 11.7 Å². The number of esters is 1. The number of alkyl carbamates (subject to hydrolysis) is 1. The molecule has 1 aliphatic heterocycles. The number of amides is 2. The minimum atomic E-state index is -1.25. The molecule has 10 heteroatoms. The average molecular weight is 467 g/mol. The zero-order valence-electron chi connectivity index (χ0n) is 20.2. The van der Waals surface area contributed by atoms with E-state index in [2.05, 4.69) is 10.1 Å². The summed E-state index contributed by atoms with van der Waals surface area (Å²) in [5.74, 6) is -1.65. The van der Waals surface area contributed by atoms with Gasteiger partial charge in [-0.2, -0.15) is 0 Å². The molecule has 9 nitrogen and oxygen atoms in total. The number of hydrogen-bond acceptors (Lipinski definition) is 6. The summed E-state index contributed by atoms with van der Waals surface area (Å²) in [7, 11) is 9.03. The summed E-state index contributed by atoms with van der Waals surface area (Å²) in [6.07, 6.45) is 2.06. The minimum Gasteiger partial charge on any atom is -0.456 e. The molecule has 1 saturated heterocycles. The molecular weight excluding hydrogens is 437 g/mol. The van der Waals surface area contributed by atoms with Crippen molar-refractivity contribution in [2.45, 2.75) is 45.2 Å². The summed E-state index contributed by atoms with van der Waals surface area (Å²) in [4.78, 5) is 52.5. The van der Waals surface area contributed by atoms with Crippen LogP contribution in [0.15, 0.2) is 24.4 Å². The van der Waals surface area contributed by atoms with E-state index in [1.165, 1.54) is 12.0 Å². The molecule has 0 bridgehead atoms. The highest BCUT2D eigenvalue weighted by Gasteiger charge is 2.49. The molecular formula is C24H30BN3O6. The van der Waals surface area contributed by atoms with Crippen molar-refractivity contribution in [1.82, 2.24) is 14.8 Å². The largest absolute Gasteiger partial charge is 0.456 e. The van der Waals surface area contributed by atoms with Gasteiger partial charge < -0.3 is 24.3 Å². The predicted octanol–water partition coefficient (Wildman–Crippen LogP) is 1.46. The maximum absolute atomic E-state index is 13.3. The van der Waals surface area contributed by atoms with Crippen molar-refractivity contribution >= 4 is 48.0 Å². The number of nitrogens with zero attached hydrogens (tertiary/aromatic N) is 2. The summed E-state index contributed by atoms with van der Waals surface area (Å²) in [5.41, 5.74) is 0.371. The molecule has 1 aliphatic rings. The maximum atomic E-state index is 13.3. The Morgan fingerprint density at radius 3 is 2.56 bits per heavy atom. The number of carbonyl (C=O) groups is 4. The molecule has 1 aromatic carbocycles. The van der Waals surface area contributed by atoms with Crippen LogP contribution in [0, 0.1) is 5.92 Å². The summed E-state index contributed by atoms with van der Waals surface area (Å²) >= 11 is 0. The first kappa shape index (κ1) is 25.3. The minimum absolute atomic E-state index is 0.229. The lowest BCUT2D eigenvalue weighted by Gasteiger charge is -2.36. The quantitative estimate of drug-likeness (QED) is 0.376. The molecule has 2 atom stereocenters. The number of hydrogen-bond donors (Lipinski definition) is 1. The molecule has 1 N–H and O–H groups in total. The third-order valence-corrected chi connectivity index (χ3v) is 6.44. The van der Waals surface area contributed by atoms with Crippen molar-refractivity contribution in [2.24, 2.45) is 13.0 Å². The van der Waals surface area contributed by atoms with Crippen LogP contribution in [0.1, 0.15) is 44.0 Å². The summed E-state index contributed by atoms with van der Waals surface area (Å²) < 4.78 is 11.9. The van der Waals surface area contributed by atoms with Crippen molar-refractivity contribution in [3.63, 3.8) is 0 Å². The van der Waals surface area contributed by atoms with Gasteiger partial charge in [0, 0.05) is 25.4 Å². The van der Waals surface area contributed by atoms with Crippen LogP contribution in [-0.2, 0) is 26.1 Å². The Bertz CT molecular complexity index is 1130. The lowest BCUT2D eigenvalue weighted by atomic mass is 9.90. The molecule has 0 saturated carbocycles. The van der Waals surface area contributed by atoms with Crippen LogP contribution in [0.4, 0.5) is 4.79 Å². The van der Waals surface area contributed by atoms with E-state index in [0.29, 0.717) is 35.9 Å². The Morgan fingerprint density at radius 2 is 1.91 bits per heavy atom. The van der Waals surface area contributed by atoms with Crippen LogP contribution >= 0.6 is 0 Å². The molecule has 1 aromatic heterocycles. The highest BCUT2D eigenvalue weighted by Crippen LogP contribution is 2.32. The van der Waals surface area contributed by atoms with E-state index < -0.39 is 36.2 Å². The second kappa shape index (κ2) is 9.91. The van der Waals surface area contributed by atoms with Gasteiger partial charge in [0.2, 0.25) is 11.7 Å². The molecule has 180 valence electrons. The van der Waals surface area contributed by atoms with Crippen molar-refractivity contribution in [2.75, 3.05) is 20.3 Å². The number of methoxy groups -OCH3 is 1. The Kier molecular flexibility index (Phi) is 7.38. The van der Waals surface area contributed by atoms with Gasteiger partial charge in [-0.1, -0.05) is 25.4 Å². The monoisotopic (exact) mass is 467 g/mol. The van der Waals surface area contributed by atoms with Crippen LogP contribution in [-0.4, -0.2) is 72.9 Å². The first-order valence-corrected chi connectivity index (χ1v) is 11.2. The molecule has 2 heterocycles. The number of carbonyl (C=O) groups excluding carboxylic acids is 4. The smallest absolute Gasteiger partial charge is 0.407 e. The molecule has 34 heavy (non-hydrogen) atoms. The van der Waals surface area contributed by atoms with E-state index in [1.54, 1.807) is 50.7 Å².